The number of amides is 2. The van der Waals surface area contributed by atoms with Gasteiger partial charge in [0.15, 0.2) is 0 Å². The zero-order valence-electron chi connectivity index (χ0n) is 15.0. The third-order valence-corrected chi connectivity index (χ3v) is 4.57. The lowest BCUT2D eigenvalue weighted by atomic mass is 10.0. The Labute approximate surface area is 154 Å². The Hall–Kier alpha value is -2.82. The van der Waals surface area contributed by atoms with Crippen LogP contribution in [-0.2, 0) is 22.4 Å². The van der Waals surface area contributed by atoms with Crippen molar-refractivity contribution in [3.05, 3.63) is 59.7 Å². The van der Waals surface area contributed by atoms with E-state index in [1.54, 1.807) is 7.11 Å². The van der Waals surface area contributed by atoms with Crippen LogP contribution in [0, 0.1) is 0 Å². The smallest absolute Gasteiger partial charge is 0.228 e. The second-order valence-electron chi connectivity index (χ2n) is 6.41. The molecular formula is C21H24N2O3. The lowest BCUT2D eigenvalue weighted by Gasteiger charge is -2.29. The Kier molecular flexibility index (Phi) is 5.89. The third kappa shape index (κ3) is 4.42. The number of aryl methyl sites for hydroxylation is 1. The molecule has 0 aromatic heterocycles. The zero-order chi connectivity index (χ0) is 18.4. The van der Waals surface area contributed by atoms with E-state index in [-0.39, 0.29) is 18.2 Å². The summed E-state index contributed by atoms with van der Waals surface area (Å²) in [6.45, 7) is 1.09. The largest absolute Gasteiger partial charge is 0.497 e. The van der Waals surface area contributed by atoms with Crippen molar-refractivity contribution in [2.75, 3.05) is 25.1 Å². The number of hydrogen-bond acceptors (Lipinski definition) is 3. The molecule has 5 nitrogen and oxygen atoms in total. The fourth-order valence-corrected chi connectivity index (χ4v) is 3.27. The highest BCUT2D eigenvalue weighted by molar-refractivity contribution is 5.95. The van der Waals surface area contributed by atoms with Crippen LogP contribution in [0.25, 0.3) is 0 Å². The quantitative estimate of drug-likeness (QED) is 0.870. The van der Waals surface area contributed by atoms with Crippen molar-refractivity contribution >= 4 is 17.5 Å². The third-order valence-electron chi connectivity index (χ3n) is 4.57. The standard InChI is InChI=1S/C21H24N2O3/c1-26-18-9-4-6-16(14-18)15-20(24)22-12-11-21(25)23-13-5-8-17-7-2-3-10-19(17)23/h2-4,6-7,9-10,14H,5,8,11-13,15H2,1H3,(H,22,24). The highest BCUT2D eigenvalue weighted by Gasteiger charge is 2.21. The molecule has 1 aliphatic rings. The molecule has 2 aromatic rings. The SMILES string of the molecule is COc1cccc(CC(=O)NCCC(=O)N2CCCc3ccccc32)c1. The van der Waals surface area contributed by atoms with Gasteiger partial charge in [0.2, 0.25) is 11.8 Å². The van der Waals surface area contributed by atoms with Crippen LogP contribution in [0.4, 0.5) is 5.69 Å². The average molecular weight is 352 g/mol. The minimum absolute atomic E-state index is 0.0545. The van der Waals surface area contributed by atoms with Crippen molar-refractivity contribution < 1.29 is 14.3 Å². The molecule has 5 heteroatoms. The zero-order valence-corrected chi connectivity index (χ0v) is 15.0. The first-order valence-corrected chi connectivity index (χ1v) is 8.95. The lowest BCUT2D eigenvalue weighted by molar-refractivity contribution is -0.121. The number of para-hydroxylation sites is 1. The van der Waals surface area contributed by atoms with Gasteiger partial charge in [-0.2, -0.15) is 0 Å². The van der Waals surface area contributed by atoms with E-state index in [4.69, 9.17) is 4.74 Å². The summed E-state index contributed by atoms with van der Waals surface area (Å²) >= 11 is 0. The van der Waals surface area contributed by atoms with E-state index in [9.17, 15) is 9.59 Å². The molecule has 0 fully saturated rings. The Morgan fingerprint density at radius 1 is 1.15 bits per heavy atom. The van der Waals surface area contributed by atoms with Crippen LogP contribution in [0.5, 0.6) is 5.75 Å². The molecular weight excluding hydrogens is 328 g/mol. The summed E-state index contributed by atoms with van der Waals surface area (Å²) in [5, 5.41) is 2.84. The first-order chi connectivity index (χ1) is 12.7. The molecule has 0 bridgehead atoms. The van der Waals surface area contributed by atoms with Crippen molar-refractivity contribution in [3.8, 4) is 5.75 Å². The van der Waals surface area contributed by atoms with Crippen LogP contribution in [-0.4, -0.2) is 32.0 Å². The Morgan fingerprint density at radius 2 is 2.00 bits per heavy atom. The van der Waals surface area contributed by atoms with E-state index in [1.807, 2.05) is 47.4 Å². The maximum absolute atomic E-state index is 12.5. The summed E-state index contributed by atoms with van der Waals surface area (Å²) < 4.78 is 5.16. The van der Waals surface area contributed by atoms with Gasteiger partial charge in [-0.3, -0.25) is 9.59 Å². The van der Waals surface area contributed by atoms with E-state index in [1.165, 1.54) is 5.56 Å². The summed E-state index contributed by atoms with van der Waals surface area (Å²) in [6.07, 6.45) is 2.57. The number of methoxy groups -OCH3 is 1. The predicted octanol–water partition coefficient (Wildman–Crippen LogP) is 2.72. The fraction of sp³-hybridized carbons (Fsp3) is 0.333. The van der Waals surface area contributed by atoms with E-state index >= 15 is 0 Å². The van der Waals surface area contributed by atoms with Crippen LogP contribution in [0.1, 0.15) is 24.0 Å². The second-order valence-corrected chi connectivity index (χ2v) is 6.41. The predicted molar refractivity (Wildman–Crippen MR) is 101 cm³/mol. The number of carbonyl (C=O) groups is 2. The normalized spacial score (nSPS) is 13.0. The van der Waals surface area contributed by atoms with Crippen molar-refractivity contribution in [2.24, 2.45) is 0 Å². The van der Waals surface area contributed by atoms with Crippen LogP contribution in [0.3, 0.4) is 0 Å². The summed E-state index contributed by atoms with van der Waals surface area (Å²) in [6, 6.07) is 15.5. The molecule has 136 valence electrons. The van der Waals surface area contributed by atoms with E-state index < -0.39 is 0 Å². The Morgan fingerprint density at radius 3 is 2.85 bits per heavy atom. The number of hydrogen-bond donors (Lipinski definition) is 1. The van der Waals surface area contributed by atoms with E-state index in [2.05, 4.69) is 11.4 Å². The van der Waals surface area contributed by atoms with Crippen LogP contribution in [0.15, 0.2) is 48.5 Å². The van der Waals surface area contributed by atoms with Gasteiger partial charge in [-0.25, -0.2) is 0 Å². The van der Waals surface area contributed by atoms with Crippen LogP contribution >= 0.6 is 0 Å². The molecule has 0 saturated heterocycles. The van der Waals surface area contributed by atoms with Gasteiger partial charge >= 0.3 is 0 Å². The first-order valence-electron chi connectivity index (χ1n) is 8.95. The number of anilines is 1. The van der Waals surface area contributed by atoms with E-state index in [0.717, 1.165) is 36.4 Å². The van der Waals surface area contributed by atoms with Gasteiger partial charge < -0.3 is 15.0 Å². The summed E-state index contributed by atoms with van der Waals surface area (Å²) in [4.78, 5) is 26.5. The minimum atomic E-state index is -0.0925. The topological polar surface area (TPSA) is 58.6 Å². The average Bonchev–Trinajstić information content (AvgIpc) is 2.67. The number of fused-ring (bicyclic) bond motifs is 1. The van der Waals surface area contributed by atoms with Gasteiger partial charge in [-0.15, -0.1) is 0 Å². The fourth-order valence-electron chi connectivity index (χ4n) is 3.27. The summed E-state index contributed by atoms with van der Waals surface area (Å²) in [5.41, 5.74) is 3.11. The number of carbonyl (C=O) groups excluding carboxylic acids is 2. The number of rotatable bonds is 6. The molecule has 0 radical (unpaired) electrons. The highest BCUT2D eigenvalue weighted by Crippen LogP contribution is 2.27. The molecule has 1 aliphatic heterocycles. The van der Waals surface area contributed by atoms with Crippen molar-refractivity contribution in [1.29, 1.82) is 0 Å². The maximum Gasteiger partial charge on any atom is 0.228 e. The van der Waals surface area contributed by atoms with Crippen LogP contribution < -0.4 is 15.0 Å². The number of ether oxygens (including phenoxy) is 1. The number of benzene rings is 2. The van der Waals surface area contributed by atoms with Crippen molar-refractivity contribution in [2.45, 2.75) is 25.7 Å². The molecule has 2 aromatic carbocycles. The van der Waals surface area contributed by atoms with Gasteiger partial charge in [0.1, 0.15) is 5.75 Å². The second kappa shape index (κ2) is 8.52. The monoisotopic (exact) mass is 352 g/mol. The molecule has 26 heavy (non-hydrogen) atoms. The highest BCUT2D eigenvalue weighted by atomic mass is 16.5. The van der Waals surface area contributed by atoms with Crippen molar-refractivity contribution in [1.82, 2.24) is 5.32 Å². The maximum atomic E-state index is 12.5. The van der Waals surface area contributed by atoms with Gasteiger partial charge in [0.25, 0.3) is 0 Å². The molecule has 0 spiro atoms. The molecule has 1 heterocycles. The van der Waals surface area contributed by atoms with Gasteiger partial charge in [-0.1, -0.05) is 30.3 Å². The minimum Gasteiger partial charge on any atom is -0.497 e. The molecule has 3 rings (SSSR count). The van der Waals surface area contributed by atoms with Crippen LogP contribution in [0.2, 0.25) is 0 Å². The first kappa shape index (κ1) is 18.0. The number of nitrogens with one attached hydrogen (secondary N) is 1. The van der Waals surface area contributed by atoms with Gasteiger partial charge in [0.05, 0.1) is 13.5 Å². The molecule has 2 amide bonds. The summed E-state index contributed by atoms with van der Waals surface area (Å²) in [5.74, 6) is 0.693. The molecule has 0 saturated carbocycles. The van der Waals surface area contributed by atoms with E-state index in [0.29, 0.717) is 13.0 Å². The molecule has 0 unspecified atom stereocenters. The van der Waals surface area contributed by atoms with Crippen molar-refractivity contribution in [3.63, 3.8) is 0 Å². The summed E-state index contributed by atoms with van der Waals surface area (Å²) in [7, 11) is 1.60. The lowest BCUT2D eigenvalue weighted by Crippen LogP contribution is -2.38. The Balaban J connectivity index is 1.49. The molecule has 1 N–H and O–H groups in total. The van der Waals surface area contributed by atoms with Gasteiger partial charge in [-0.05, 0) is 42.2 Å². The van der Waals surface area contributed by atoms with Gasteiger partial charge in [0, 0.05) is 25.2 Å². The molecule has 0 atom stereocenters. The molecule has 0 aliphatic carbocycles. The Bertz CT molecular complexity index is 788. The number of nitrogens with zero attached hydrogens (tertiary/aromatic N) is 1.